The second-order valence-electron chi connectivity index (χ2n) is 4.28. The van der Waals surface area contributed by atoms with Crippen LogP contribution in [-0.2, 0) is 0 Å². The van der Waals surface area contributed by atoms with Crippen molar-refractivity contribution >= 4 is 23.5 Å². The van der Waals surface area contributed by atoms with Crippen LogP contribution in [0.1, 0.15) is 46.0 Å². The van der Waals surface area contributed by atoms with Crippen molar-refractivity contribution in [2.45, 2.75) is 61.3 Å². The average molecular weight is 231 g/mol. The topological polar surface area (TPSA) is 3.24 Å². The van der Waals surface area contributed by atoms with Gasteiger partial charge in [-0.2, -0.15) is 0 Å². The Hall–Kier alpha value is 0.660. The summed E-state index contributed by atoms with van der Waals surface area (Å²) in [6, 6.07) is 0. The molecule has 2 aliphatic heterocycles. The molecule has 0 N–H and O–H groups in total. The van der Waals surface area contributed by atoms with Gasteiger partial charge in [0.05, 0.1) is 15.3 Å². The lowest BCUT2D eigenvalue weighted by Crippen LogP contribution is -2.39. The van der Waals surface area contributed by atoms with Crippen molar-refractivity contribution in [1.29, 1.82) is 0 Å². The predicted molar refractivity (Wildman–Crippen MR) is 67.7 cm³/mol. The smallest absolute Gasteiger partial charge is 0.0578 e. The second kappa shape index (κ2) is 5.13. The predicted octanol–water partition coefficient (Wildman–Crippen LogP) is 3.75. The third-order valence-corrected chi connectivity index (χ3v) is 6.39. The van der Waals surface area contributed by atoms with Crippen molar-refractivity contribution in [1.82, 2.24) is 4.90 Å². The zero-order valence-corrected chi connectivity index (χ0v) is 10.9. The molecule has 0 saturated carbocycles. The molecule has 82 valence electrons. The van der Waals surface area contributed by atoms with E-state index in [-0.39, 0.29) is 0 Å². The highest BCUT2D eigenvalue weighted by atomic mass is 32.2. The number of fused-ring (bicyclic) bond motifs is 1. The molecule has 2 heterocycles. The van der Waals surface area contributed by atoms with Gasteiger partial charge in [0.25, 0.3) is 0 Å². The molecule has 3 heteroatoms. The molecule has 0 spiro atoms. The highest BCUT2D eigenvalue weighted by Gasteiger charge is 2.36. The first-order valence-electron chi connectivity index (χ1n) is 5.88. The summed E-state index contributed by atoms with van der Waals surface area (Å²) in [6.45, 7) is 6.03. The van der Waals surface area contributed by atoms with Crippen LogP contribution < -0.4 is 0 Å². The Balaban J connectivity index is 1.85. The Morgan fingerprint density at radius 3 is 3.00 bits per heavy atom. The first-order chi connectivity index (χ1) is 6.81. The third kappa shape index (κ3) is 2.42. The van der Waals surface area contributed by atoms with Crippen molar-refractivity contribution in [3.8, 4) is 0 Å². The molecule has 2 saturated heterocycles. The van der Waals surface area contributed by atoms with Gasteiger partial charge in [0.1, 0.15) is 0 Å². The van der Waals surface area contributed by atoms with E-state index in [0.717, 1.165) is 15.3 Å². The van der Waals surface area contributed by atoms with Gasteiger partial charge in [-0.1, -0.05) is 19.8 Å². The molecule has 0 aromatic heterocycles. The number of hydrogen-bond acceptors (Lipinski definition) is 3. The van der Waals surface area contributed by atoms with E-state index in [9.17, 15) is 0 Å². The zero-order chi connectivity index (χ0) is 9.97. The largest absolute Gasteiger partial charge is 0.280 e. The van der Waals surface area contributed by atoms with Crippen LogP contribution >= 0.6 is 23.5 Å². The molecule has 14 heavy (non-hydrogen) atoms. The van der Waals surface area contributed by atoms with Crippen LogP contribution in [0.2, 0.25) is 0 Å². The highest BCUT2D eigenvalue weighted by molar-refractivity contribution is 8.18. The van der Waals surface area contributed by atoms with E-state index < -0.39 is 0 Å². The molecule has 0 radical (unpaired) electrons. The number of nitrogens with zero attached hydrogens (tertiary/aromatic N) is 1. The van der Waals surface area contributed by atoms with E-state index in [1.165, 1.54) is 38.6 Å². The first kappa shape index (κ1) is 11.2. The summed E-state index contributed by atoms with van der Waals surface area (Å²) < 4.78 is 0.879. The molecule has 0 aromatic carbocycles. The molecule has 2 aliphatic rings. The fourth-order valence-corrected chi connectivity index (χ4v) is 6.08. The zero-order valence-electron chi connectivity index (χ0n) is 9.24. The normalized spacial score (nSPS) is 38.6. The lowest BCUT2D eigenvalue weighted by molar-refractivity contribution is 0.306. The summed E-state index contributed by atoms with van der Waals surface area (Å²) in [5.41, 5.74) is 0. The van der Waals surface area contributed by atoms with Gasteiger partial charge in [-0.3, -0.25) is 4.90 Å². The summed E-state index contributed by atoms with van der Waals surface area (Å²) in [6.07, 6.45) is 7.02. The fraction of sp³-hybridized carbons (Fsp3) is 1.00. The Bertz CT molecular complexity index is 186. The summed E-state index contributed by atoms with van der Waals surface area (Å²) in [7, 11) is 0. The van der Waals surface area contributed by atoms with E-state index in [0.29, 0.717) is 0 Å². The first-order valence-corrected chi connectivity index (χ1v) is 7.76. The highest BCUT2D eigenvalue weighted by Crippen LogP contribution is 2.46. The average Bonchev–Trinajstić information content (AvgIpc) is 2.63. The molecule has 0 bridgehead atoms. The molecule has 3 unspecified atom stereocenters. The van der Waals surface area contributed by atoms with Crippen molar-refractivity contribution in [3.63, 3.8) is 0 Å². The Morgan fingerprint density at radius 2 is 2.21 bits per heavy atom. The molecule has 1 nitrogen and oxygen atoms in total. The summed E-state index contributed by atoms with van der Waals surface area (Å²) in [5, 5.41) is 1.62. The van der Waals surface area contributed by atoms with Crippen molar-refractivity contribution in [2.75, 3.05) is 6.54 Å². The molecule has 0 amide bonds. The summed E-state index contributed by atoms with van der Waals surface area (Å²) >= 11 is 4.43. The minimum Gasteiger partial charge on any atom is -0.280 e. The van der Waals surface area contributed by atoms with E-state index in [2.05, 4.69) is 42.3 Å². The SMILES string of the molecule is CCCCC1SC(C)N2CCCC2S1. The fourth-order valence-electron chi connectivity index (χ4n) is 2.33. The molecule has 2 fully saturated rings. The van der Waals surface area contributed by atoms with Gasteiger partial charge in [0.15, 0.2) is 0 Å². The molecule has 3 atom stereocenters. The van der Waals surface area contributed by atoms with E-state index in [1.807, 2.05) is 0 Å². The number of hydrogen-bond donors (Lipinski definition) is 0. The monoisotopic (exact) mass is 231 g/mol. The van der Waals surface area contributed by atoms with Gasteiger partial charge in [0.2, 0.25) is 0 Å². The van der Waals surface area contributed by atoms with Gasteiger partial charge in [-0.05, 0) is 26.2 Å². The van der Waals surface area contributed by atoms with E-state index in [1.54, 1.807) is 0 Å². The Labute approximate surface area is 96.4 Å². The van der Waals surface area contributed by atoms with Gasteiger partial charge in [-0.25, -0.2) is 0 Å². The van der Waals surface area contributed by atoms with E-state index in [4.69, 9.17) is 0 Å². The van der Waals surface area contributed by atoms with Crippen LogP contribution in [0.15, 0.2) is 0 Å². The Morgan fingerprint density at radius 1 is 1.36 bits per heavy atom. The molecule has 2 rings (SSSR count). The van der Waals surface area contributed by atoms with Gasteiger partial charge in [-0.15, -0.1) is 23.5 Å². The maximum atomic E-state index is 2.69. The van der Waals surface area contributed by atoms with Gasteiger partial charge >= 0.3 is 0 Å². The van der Waals surface area contributed by atoms with Crippen molar-refractivity contribution in [2.24, 2.45) is 0 Å². The van der Waals surface area contributed by atoms with Crippen LogP contribution in [-0.4, -0.2) is 26.8 Å². The number of rotatable bonds is 3. The lowest BCUT2D eigenvalue weighted by atomic mass is 10.3. The minimum absolute atomic E-state index is 0.769. The van der Waals surface area contributed by atoms with Crippen LogP contribution in [0.5, 0.6) is 0 Å². The maximum absolute atomic E-state index is 2.69. The standard InChI is InChI=1S/C11H21NS2/c1-3-4-7-11-13-9(2)12-8-5-6-10(12)14-11/h9-11H,3-8H2,1-2H3. The van der Waals surface area contributed by atoms with Crippen molar-refractivity contribution < 1.29 is 0 Å². The minimum atomic E-state index is 0.769. The third-order valence-electron chi connectivity index (χ3n) is 3.16. The van der Waals surface area contributed by atoms with E-state index >= 15 is 0 Å². The van der Waals surface area contributed by atoms with Crippen LogP contribution in [0, 0.1) is 0 Å². The summed E-state index contributed by atoms with van der Waals surface area (Å²) in [4.78, 5) is 2.69. The molecule has 0 aliphatic carbocycles. The van der Waals surface area contributed by atoms with Crippen LogP contribution in [0.25, 0.3) is 0 Å². The Kier molecular flexibility index (Phi) is 4.09. The number of unbranched alkanes of at least 4 members (excludes halogenated alkanes) is 1. The van der Waals surface area contributed by atoms with Crippen molar-refractivity contribution in [3.05, 3.63) is 0 Å². The lowest BCUT2D eigenvalue weighted by Gasteiger charge is -2.39. The van der Waals surface area contributed by atoms with Gasteiger partial charge in [0, 0.05) is 6.54 Å². The van der Waals surface area contributed by atoms with Crippen LogP contribution in [0.3, 0.4) is 0 Å². The molecule has 0 aromatic rings. The second-order valence-corrected chi connectivity index (χ2v) is 7.49. The quantitative estimate of drug-likeness (QED) is 0.728. The van der Waals surface area contributed by atoms with Gasteiger partial charge < -0.3 is 0 Å². The summed E-state index contributed by atoms with van der Waals surface area (Å²) in [5.74, 6) is 0. The molecular formula is C11H21NS2. The number of thioether (sulfide) groups is 2. The van der Waals surface area contributed by atoms with Crippen LogP contribution in [0.4, 0.5) is 0 Å². The molecular weight excluding hydrogens is 210 g/mol. The maximum Gasteiger partial charge on any atom is 0.0578 e.